The molecule has 0 saturated heterocycles. The molecule has 0 aliphatic heterocycles. The maximum Gasteiger partial charge on any atom is 0.306 e. The van der Waals surface area contributed by atoms with Gasteiger partial charge in [0.1, 0.15) is 13.2 Å². The summed E-state index contributed by atoms with van der Waals surface area (Å²) in [6.45, 7) is 6.24. The van der Waals surface area contributed by atoms with Gasteiger partial charge >= 0.3 is 17.9 Å². The topological polar surface area (TPSA) is 78.9 Å². The SMILES string of the molecule is CC/C=C\C/C=C\C/C=C\C/C=C\C/C=C\C/C=C\C/C=C\CCCCCC(=O)OCC(COC(=O)CCCCC/C=C\C/C=C\C/C=C\CC)OC(=O)CCCCCCCCCCCCCC/C=C\C/C=C\C/C=C\C/C=C\CC. The van der Waals surface area contributed by atoms with Gasteiger partial charge in [-0.15, -0.1) is 0 Å². The van der Waals surface area contributed by atoms with Gasteiger partial charge in [-0.3, -0.25) is 14.4 Å². The second-order valence-corrected chi connectivity index (χ2v) is 20.9. The first-order valence-corrected chi connectivity index (χ1v) is 32.6. The van der Waals surface area contributed by atoms with Gasteiger partial charge in [-0.05, 0) is 148 Å². The second kappa shape index (κ2) is 67.3. The maximum absolute atomic E-state index is 12.9. The average Bonchev–Trinajstić information content (AvgIpc) is 3.46. The molecule has 0 aliphatic rings. The van der Waals surface area contributed by atoms with Gasteiger partial charge in [0.2, 0.25) is 0 Å². The number of ether oxygens (including phenoxy) is 3. The lowest BCUT2D eigenvalue weighted by atomic mass is 10.0. The van der Waals surface area contributed by atoms with Crippen molar-refractivity contribution in [1.29, 1.82) is 0 Å². The summed E-state index contributed by atoms with van der Waals surface area (Å²) < 4.78 is 16.9. The molecule has 6 heteroatoms. The highest BCUT2D eigenvalue weighted by molar-refractivity contribution is 5.71. The van der Waals surface area contributed by atoms with Gasteiger partial charge in [0.15, 0.2) is 6.10 Å². The summed E-state index contributed by atoms with van der Waals surface area (Å²) in [6.07, 6.45) is 99.4. The quantitative estimate of drug-likeness (QED) is 0.0261. The Kier molecular flexibility index (Phi) is 62.9. The van der Waals surface area contributed by atoms with Gasteiger partial charge in [0.05, 0.1) is 0 Å². The molecule has 6 nitrogen and oxygen atoms in total. The molecule has 0 amide bonds. The Morgan fingerprint density at radius 2 is 0.444 bits per heavy atom. The van der Waals surface area contributed by atoms with Crippen LogP contribution in [0, 0.1) is 0 Å². The molecule has 1 unspecified atom stereocenters. The third-order valence-electron chi connectivity index (χ3n) is 13.2. The Bertz CT molecular complexity index is 1860. The van der Waals surface area contributed by atoms with Crippen molar-refractivity contribution in [3.63, 3.8) is 0 Å². The summed E-state index contributed by atoms with van der Waals surface area (Å²) in [5, 5.41) is 0. The van der Waals surface area contributed by atoms with Crippen LogP contribution in [0.1, 0.15) is 265 Å². The summed E-state index contributed by atoms with van der Waals surface area (Å²) in [5.74, 6) is -0.977. The van der Waals surface area contributed by atoms with E-state index in [-0.39, 0.29) is 31.1 Å². The minimum atomic E-state index is -0.816. The van der Waals surface area contributed by atoms with E-state index in [1.54, 1.807) is 0 Å². The van der Waals surface area contributed by atoms with Crippen LogP contribution < -0.4 is 0 Å². The predicted molar refractivity (Wildman–Crippen MR) is 352 cm³/mol. The van der Waals surface area contributed by atoms with E-state index < -0.39 is 6.10 Å². The molecule has 0 bridgehead atoms. The van der Waals surface area contributed by atoms with Crippen molar-refractivity contribution < 1.29 is 28.6 Å². The fourth-order valence-corrected chi connectivity index (χ4v) is 8.43. The third kappa shape index (κ3) is 65.5. The van der Waals surface area contributed by atoms with Crippen molar-refractivity contribution in [3.05, 3.63) is 170 Å². The Balaban J connectivity index is 4.44. The Morgan fingerprint density at radius 1 is 0.247 bits per heavy atom. The number of esters is 3. The zero-order chi connectivity index (χ0) is 58.5. The van der Waals surface area contributed by atoms with Crippen molar-refractivity contribution in [2.24, 2.45) is 0 Å². The molecular weight excluding hydrogens is 997 g/mol. The number of unbranched alkanes of at least 4 members (excludes halogenated alkanes) is 18. The van der Waals surface area contributed by atoms with E-state index in [2.05, 4.69) is 191 Å². The van der Waals surface area contributed by atoms with Gasteiger partial charge < -0.3 is 14.2 Å². The van der Waals surface area contributed by atoms with Crippen LogP contribution in [0.15, 0.2) is 170 Å². The van der Waals surface area contributed by atoms with Crippen LogP contribution in [-0.4, -0.2) is 37.2 Å². The van der Waals surface area contributed by atoms with Crippen LogP contribution in [-0.2, 0) is 28.6 Å². The van der Waals surface area contributed by atoms with E-state index in [9.17, 15) is 14.4 Å². The monoisotopic (exact) mass is 1110 g/mol. The standard InChI is InChI=1S/C75H118O6/c1-4-7-10-13-16-19-22-25-27-29-31-33-35-37-39-41-43-45-47-50-53-56-59-62-65-68-74(77)80-71-72(70-79-73(76)67-64-61-58-55-52-49-24-21-18-15-12-9-6-3)81-75(78)69-66-63-60-57-54-51-48-46-44-42-40-38-36-34-32-30-28-26-23-20-17-14-11-8-5-2/h7-12,16-21,25-28,31-34,37,39,43,45,49-50,52-53,72H,4-6,13-15,22-24,29-30,35-36,38,40-42,44,46-48,51,54-71H2,1-3H3/b10-7-,11-8-,12-9-,19-16-,20-17-,21-18-,27-25-,28-26-,33-31-,34-32-,39-37-,45-43-,52-49-,53-50-. The lowest BCUT2D eigenvalue weighted by Gasteiger charge is -2.18. The van der Waals surface area contributed by atoms with E-state index in [1.807, 2.05) is 0 Å². The molecule has 1 atom stereocenters. The lowest BCUT2D eigenvalue weighted by molar-refractivity contribution is -0.167. The van der Waals surface area contributed by atoms with Crippen molar-refractivity contribution >= 4 is 17.9 Å². The molecule has 0 radical (unpaired) electrons. The molecule has 0 rings (SSSR count). The minimum Gasteiger partial charge on any atom is -0.462 e. The first-order valence-electron chi connectivity index (χ1n) is 32.6. The van der Waals surface area contributed by atoms with Crippen molar-refractivity contribution in [1.82, 2.24) is 0 Å². The Labute approximate surface area is 498 Å². The predicted octanol–water partition coefficient (Wildman–Crippen LogP) is 22.7. The summed E-state index contributed by atoms with van der Waals surface area (Å²) in [5.41, 5.74) is 0. The summed E-state index contributed by atoms with van der Waals surface area (Å²) in [6, 6.07) is 0. The van der Waals surface area contributed by atoms with Crippen LogP contribution in [0.2, 0.25) is 0 Å². The number of hydrogen-bond donors (Lipinski definition) is 0. The van der Waals surface area contributed by atoms with E-state index >= 15 is 0 Å². The van der Waals surface area contributed by atoms with Crippen molar-refractivity contribution in [3.8, 4) is 0 Å². The molecule has 0 aromatic heterocycles. The van der Waals surface area contributed by atoms with Crippen LogP contribution in [0.5, 0.6) is 0 Å². The summed E-state index contributed by atoms with van der Waals surface area (Å²) in [7, 11) is 0. The number of hydrogen-bond acceptors (Lipinski definition) is 6. The van der Waals surface area contributed by atoms with E-state index in [0.717, 1.165) is 161 Å². The average molecular weight is 1120 g/mol. The minimum absolute atomic E-state index is 0.112. The molecule has 0 fully saturated rings. The molecule has 81 heavy (non-hydrogen) atoms. The van der Waals surface area contributed by atoms with Gasteiger partial charge in [-0.2, -0.15) is 0 Å². The highest BCUT2D eigenvalue weighted by Crippen LogP contribution is 2.15. The molecule has 454 valence electrons. The zero-order valence-electron chi connectivity index (χ0n) is 52.0. The number of carbonyl (C=O) groups is 3. The van der Waals surface area contributed by atoms with Gasteiger partial charge in [-0.25, -0.2) is 0 Å². The molecule has 0 aromatic carbocycles. The fourth-order valence-electron chi connectivity index (χ4n) is 8.43. The molecule has 0 aliphatic carbocycles. The fraction of sp³-hybridized carbons (Fsp3) is 0.587. The van der Waals surface area contributed by atoms with Crippen molar-refractivity contribution in [2.75, 3.05) is 13.2 Å². The van der Waals surface area contributed by atoms with Crippen LogP contribution in [0.4, 0.5) is 0 Å². The van der Waals surface area contributed by atoms with E-state index in [0.29, 0.717) is 19.3 Å². The third-order valence-corrected chi connectivity index (χ3v) is 13.2. The normalized spacial score (nSPS) is 13.3. The molecular formula is C75H118O6. The van der Waals surface area contributed by atoms with Crippen LogP contribution in [0.3, 0.4) is 0 Å². The Morgan fingerprint density at radius 3 is 0.704 bits per heavy atom. The van der Waals surface area contributed by atoms with E-state index in [1.165, 1.54) is 64.2 Å². The van der Waals surface area contributed by atoms with Crippen LogP contribution >= 0.6 is 0 Å². The van der Waals surface area contributed by atoms with Gasteiger partial charge in [-0.1, -0.05) is 268 Å². The van der Waals surface area contributed by atoms with Crippen molar-refractivity contribution in [2.45, 2.75) is 271 Å². The molecule has 0 heterocycles. The number of carbonyl (C=O) groups excluding carboxylic acids is 3. The maximum atomic E-state index is 12.9. The smallest absolute Gasteiger partial charge is 0.306 e. The molecule has 0 aromatic rings. The number of rotatable bonds is 57. The first kappa shape index (κ1) is 75.8. The summed E-state index contributed by atoms with van der Waals surface area (Å²) in [4.78, 5) is 38.3. The van der Waals surface area contributed by atoms with E-state index in [4.69, 9.17) is 14.2 Å². The first-order chi connectivity index (χ1) is 40.0. The molecule has 0 spiro atoms. The Hall–Kier alpha value is -5.23. The lowest BCUT2D eigenvalue weighted by Crippen LogP contribution is -2.30. The highest BCUT2D eigenvalue weighted by atomic mass is 16.6. The van der Waals surface area contributed by atoms with Gasteiger partial charge in [0.25, 0.3) is 0 Å². The number of allylic oxidation sites excluding steroid dienone is 28. The van der Waals surface area contributed by atoms with Crippen LogP contribution in [0.25, 0.3) is 0 Å². The molecule has 0 saturated carbocycles. The highest BCUT2D eigenvalue weighted by Gasteiger charge is 2.19. The largest absolute Gasteiger partial charge is 0.462 e. The van der Waals surface area contributed by atoms with Gasteiger partial charge in [0, 0.05) is 19.3 Å². The molecule has 0 N–H and O–H groups in total. The summed E-state index contributed by atoms with van der Waals surface area (Å²) >= 11 is 0. The second-order valence-electron chi connectivity index (χ2n) is 20.9. The zero-order valence-corrected chi connectivity index (χ0v) is 52.0.